The van der Waals surface area contributed by atoms with Gasteiger partial charge in [0, 0.05) is 6.04 Å². The van der Waals surface area contributed by atoms with Crippen molar-refractivity contribution in [1.82, 2.24) is 5.32 Å². The van der Waals surface area contributed by atoms with E-state index in [1.165, 1.54) is 18.4 Å². The van der Waals surface area contributed by atoms with Crippen molar-refractivity contribution in [2.24, 2.45) is 5.92 Å². The zero-order valence-electron chi connectivity index (χ0n) is 9.46. The molecule has 0 saturated heterocycles. The van der Waals surface area contributed by atoms with E-state index in [0.29, 0.717) is 6.04 Å². The zero-order chi connectivity index (χ0) is 10.4. The standard InChI is InChI=1S/C11H15N.C2H6/c1-12-11(10-7-8-10)9-5-3-2-4-6-9;1-2/h2-6,10-12H,7-8H2,1H3;1-2H3. The van der Waals surface area contributed by atoms with Gasteiger partial charge in [0.25, 0.3) is 0 Å². The highest BCUT2D eigenvalue weighted by atomic mass is 14.9. The van der Waals surface area contributed by atoms with Gasteiger partial charge in [0.15, 0.2) is 0 Å². The summed E-state index contributed by atoms with van der Waals surface area (Å²) in [6.07, 6.45) is 2.78. The number of hydrogen-bond donors (Lipinski definition) is 1. The van der Waals surface area contributed by atoms with Gasteiger partial charge in [-0.1, -0.05) is 44.2 Å². The van der Waals surface area contributed by atoms with E-state index in [-0.39, 0.29) is 0 Å². The Kier molecular flexibility index (Phi) is 4.68. The van der Waals surface area contributed by atoms with E-state index in [0.717, 1.165) is 5.92 Å². The molecule has 0 aliphatic heterocycles. The highest BCUT2D eigenvalue weighted by molar-refractivity contribution is 5.20. The number of benzene rings is 1. The lowest BCUT2D eigenvalue weighted by Crippen LogP contribution is -2.17. The van der Waals surface area contributed by atoms with Crippen molar-refractivity contribution >= 4 is 0 Å². The molecule has 1 aromatic carbocycles. The van der Waals surface area contributed by atoms with Crippen LogP contribution >= 0.6 is 0 Å². The minimum atomic E-state index is 0.589. The molecule has 0 aromatic heterocycles. The third-order valence-electron chi connectivity index (χ3n) is 2.56. The fourth-order valence-electron chi connectivity index (χ4n) is 1.76. The third-order valence-corrected chi connectivity index (χ3v) is 2.56. The molecule has 1 atom stereocenters. The van der Waals surface area contributed by atoms with E-state index in [1.54, 1.807) is 0 Å². The summed E-state index contributed by atoms with van der Waals surface area (Å²) >= 11 is 0. The Hall–Kier alpha value is -0.820. The molecule has 0 bridgehead atoms. The molecule has 1 fully saturated rings. The Labute approximate surface area is 87.5 Å². The summed E-state index contributed by atoms with van der Waals surface area (Å²) in [5.41, 5.74) is 1.43. The van der Waals surface area contributed by atoms with Crippen LogP contribution in [0.3, 0.4) is 0 Å². The first-order chi connectivity index (χ1) is 6.92. The van der Waals surface area contributed by atoms with Crippen LogP contribution in [0.5, 0.6) is 0 Å². The van der Waals surface area contributed by atoms with Crippen LogP contribution in [0.1, 0.15) is 38.3 Å². The Morgan fingerprint density at radius 2 is 1.71 bits per heavy atom. The summed E-state index contributed by atoms with van der Waals surface area (Å²) < 4.78 is 0. The zero-order valence-corrected chi connectivity index (χ0v) is 9.46. The van der Waals surface area contributed by atoms with Crippen molar-refractivity contribution in [3.05, 3.63) is 35.9 Å². The van der Waals surface area contributed by atoms with Crippen molar-refractivity contribution < 1.29 is 0 Å². The van der Waals surface area contributed by atoms with Crippen LogP contribution in [-0.4, -0.2) is 7.05 Å². The second-order valence-electron chi connectivity index (χ2n) is 3.51. The van der Waals surface area contributed by atoms with Gasteiger partial charge >= 0.3 is 0 Å². The summed E-state index contributed by atoms with van der Waals surface area (Å²) in [6.45, 7) is 4.00. The molecule has 0 heterocycles. The van der Waals surface area contributed by atoms with E-state index in [2.05, 4.69) is 42.7 Å². The molecule has 1 heteroatoms. The third kappa shape index (κ3) is 2.85. The van der Waals surface area contributed by atoms with Gasteiger partial charge in [0.05, 0.1) is 0 Å². The molecule has 0 spiro atoms. The molecule has 1 aliphatic carbocycles. The maximum absolute atomic E-state index is 3.38. The van der Waals surface area contributed by atoms with Gasteiger partial charge in [0.2, 0.25) is 0 Å². The molecule has 1 unspecified atom stereocenters. The smallest absolute Gasteiger partial charge is 0.0346 e. The summed E-state index contributed by atoms with van der Waals surface area (Å²) in [7, 11) is 2.05. The highest BCUT2D eigenvalue weighted by Gasteiger charge is 2.30. The summed E-state index contributed by atoms with van der Waals surface area (Å²) in [4.78, 5) is 0. The fourth-order valence-corrected chi connectivity index (χ4v) is 1.76. The first-order valence-electron chi connectivity index (χ1n) is 5.64. The van der Waals surface area contributed by atoms with Crippen molar-refractivity contribution in [2.75, 3.05) is 7.05 Å². The lowest BCUT2D eigenvalue weighted by atomic mass is 10.0. The lowest BCUT2D eigenvalue weighted by Gasteiger charge is -2.15. The summed E-state index contributed by atoms with van der Waals surface area (Å²) in [6, 6.07) is 11.3. The molecule has 0 radical (unpaired) electrons. The number of hydrogen-bond acceptors (Lipinski definition) is 1. The van der Waals surface area contributed by atoms with Gasteiger partial charge in [-0.3, -0.25) is 0 Å². The predicted molar refractivity (Wildman–Crippen MR) is 62.3 cm³/mol. The van der Waals surface area contributed by atoms with Crippen LogP contribution in [0, 0.1) is 5.92 Å². The van der Waals surface area contributed by atoms with Gasteiger partial charge in [-0.05, 0) is 31.4 Å². The molecular weight excluding hydrogens is 170 g/mol. The fraction of sp³-hybridized carbons (Fsp3) is 0.538. The van der Waals surface area contributed by atoms with Gasteiger partial charge < -0.3 is 5.32 Å². The molecule has 1 aliphatic rings. The Balaban J connectivity index is 0.000000461. The molecule has 14 heavy (non-hydrogen) atoms. The Morgan fingerprint density at radius 3 is 2.14 bits per heavy atom. The largest absolute Gasteiger partial charge is 0.313 e. The van der Waals surface area contributed by atoms with Gasteiger partial charge in [-0.2, -0.15) is 0 Å². The van der Waals surface area contributed by atoms with Crippen molar-refractivity contribution in [3.63, 3.8) is 0 Å². The van der Waals surface area contributed by atoms with Crippen molar-refractivity contribution in [3.8, 4) is 0 Å². The molecule has 2 rings (SSSR count). The molecule has 1 saturated carbocycles. The maximum Gasteiger partial charge on any atom is 0.0346 e. The average molecular weight is 191 g/mol. The molecule has 78 valence electrons. The van der Waals surface area contributed by atoms with Crippen molar-refractivity contribution in [1.29, 1.82) is 0 Å². The Bertz CT molecular complexity index is 239. The van der Waals surface area contributed by atoms with Crippen LogP contribution in [0.2, 0.25) is 0 Å². The lowest BCUT2D eigenvalue weighted by molar-refractivity contribution is 0.529. The highest BCUT2D eigenvalue weighted by Crippen LogP contribution is 2.40. The normalized spacial score (nSPS) is 16.8. The van der Waals surface area contributed by atoms with Crippen LogP contribution in [0.15, 0.2) is 30.3 Å². The van der Waals surface area contributed by atoms with E-state index < -0.39 is 0 Å². The first-order valence-corrected chi connectivity index (χ1v) is 5.64. The quantitative estimate of drug-likeness (QED) is 0.772. The summed E-state index contributed by atoms with van der Waals surface area (Å²) in [5.74, 6) is 0.886. The predicted octanol–water partition coefficient (Wildman–Crippen LogP) is 3.38. The molecule has 1 N–H and O–H groups in total. The SMILES string of the molecule is CC.CNC(c1ccccc1)C1CC1. The monoisotopic (exact) mass is 191 g/mol. The second kappa shape index (κ2) is 5.82. The van der Waals surface area contributed by atoms with E-state index >= 15 is 0 Å². The van der Waals surface area contributed by atoms with Gasteiger partial charge in [-0.15, -0.1) is 0 Å². The number of nitrogens with one attached hydrogen (secondary N) is 1. The first kappa shape index (κ1) is 11.3. The van der Waals surface area contributed by atoms with Gasteiger partial charge in [-0.25, -0.2) is 0 Å². The van der Waals surface area contributed by atoms with E-state index in [9.17, 15) is 0 Å². The average Bonchev–Trinajstić information content (AvgIpc) is 3.08. The second-order valence-corrected chi connectivity index (χ2v) is 3.51. The number of rotatable bonds is 3. The molecular formula is C13H21N. The maximum atomic E-state index is 3.38. The minimum Gasteiger partial charge on any atom is -0.313 e. The summed E-state index contributed by atoms with van der Waals surface area (Å²) in [5, 5.41) is 3.38. The van der Waals surface area contributed by atoms with E-state index in [1.807, 2.05) is 13.8 Å². The van der Waals surface area contributed by atoms with Crippen LogP contribution < -0.4 is 5.32 Å². The molecule has 0 amide bonds. The van der Waals surface area contributed by atoms with E-state index in [4.69, 9.17) is 0 Å². The molecule has 1 nitrogen and oxygen atoms in total. The topological polar surface area (TPSA) is 12.0 Å². The molecule has 1 aromatic rings. The minimum absolute atomic E-state index is 0.589. The van der Waals surface area contributed by atoms with Gasteiger partial charge in [0.1, 0.15) is 0 Å². The Morgan fingerprint density at radius 1 is 1.14 bits per heavy atom. The van der Waals surface area contributed by atoms with Crippen molar-refractivity contribution in [2.45, 2.75) is 32.7 Å². The van der Waals surface area contributed by atoms with Crippen LogP contribution in [-0.2, 0) is 0 Å². The van der Waals surface area contributed by atoms with Crippen LogP contribution in [0.4, 0.5) is 0 Å². The van der Waals surface area contributed by atoms with Crippen LogP contribution in [0.25, 0.3) is 0 Å².